The molecule has 1 nitrogen and oxygen atoms in total. The van der Waals surface area contributed by atoms with Gasteiger partial charge in [0, 0.05) is 13.1 Å². The first-order valence-electron chi connectivity index (χ1n) is 3.99. The van der Waals surface area contributed by atoms with Gasteiger partial charge >= 0.3 is 0 Å². The second kappa shape index (κ2) is 1.07. The van der Waals surface area contributed by atoms with Crippen molar-refractivity contribution < 1.29 is 0 Å². The fourth-order valence-electron chi connectivity index (χ4n) is 3.28. The van der Waals surface area contributed by atoms with Gasteiger partial charge in [-0.25, -0.2) is 0 Å². The third-order valence-electron chi connectivity index (χ3n) is 3.79. The van der Waals surface area contributed by atoms with Crippen molar-refractivity contribution in [2.24, 2.45) is 17.3 Å². The van der Waals surface area contributed by atoms with E-state index in [4.69, 9.17) is 0 Å². The topological polar surface area (TPSA) is 3.24 Å². The van der Waals surface area contributed by atoms with Crippen molar-refractivity contribution in [3.05, 3.63) is 0 Å². The Morgan fingerprint density at radius 1 is 1.44 bits per heavy atom. The smallest absolute Gasteiger partial charge is 0.00385 e. The summed E-state index contributed by atoms with van der Waals surface area (Å²) < 4.78 is 0. The molecule has 3 aliphatic carbocycles. The van der Waals surface area contributed by atoms with Crippen LogP contribution in [0.1, 0.15) is 12.8 Å². The van der Waals surface area contributed by atoms with E-state index in [0.717, 1.165) is 17.3 Å². The number of hydrogen-bond acceptors (Lipinski definition) is 1. The van der Waals surface area contributed by atoms with E-state index in [1.165, 1.54) is 13.1 Å². The van der Waals surface area contributed by atoms with E-state index in [1.807, 2.05) is 0 Å². The summed E-state index contributed by atoms with van der Waals surface area (Å²) in [5.74, 6) is 2.30. The highest BCUT2D eigenvalue weighted by Crippen LogP contribution is 2.71. The molecule has 1 spiro atoms. The molecule has 4 rings (SSSR count). The summed E-state index contributed by atoms with van der Waals surface area (Å²) in [6, 6.07) is 0. The zero-order valence-corrected chi connectivity index (χ0v) is 5.93. The largest absolute Gasteiger partial charge is 0.305 e. The van der Waals surface area contributed by atoms with Crippen molar-refractivity contribution in [1.82, 2.24) is 4.90 Å². The third kappa shape index (κ3) is 0.337. The monoisotopic (exact) mass is 123 g/mol. The van der Waals surface area contributed by atoms with Gasteiger partial charge in [-0.15, -0.1) is 0 Å². The Labute approximate surface area is 56.0 Å². The van der Waals surface area contributed by atoms with E-state index in [0.29, 0.717) is 0 Å². The van der Waals surface area contributed by atoms with E-state index >= 15 is 0 Å². The van der Waals surface area contributed by atoms with Crippen molar-refractivity contribution in [3.63, 3.8) is 0 Å². The number of nitrogens with zero attached hydrogens (tertiary/aromatic N) is 1. The molecular formula is C8H13N. The van der Waals surface area contributed by atoms with E-state index in [-0.39, 0.29) is 0 Å². The van der Waals surface area contributed by atoms with Crippen molar-refractivity contribution in [3.8, 4) is 0 Å². The molecule has 4 fully saturated rings. The van der Waals surface area contributed by atoms with Crippen LogP contribution in [0.15, 0.2) is 0 Å². The summed E-state index contributed by atoms with van der Waals surface area (Å²) in [6.07, 6.45) is 3.14. The van der Waals surface area contributed by atoms with Gasteiger partial charge in [-0.05, 0) is 37.1 Å². The van der Waals surface area contributed by atoms with Crippen LogP contribution in [-0.2, 0) is 0 Å². The highest BCUT2D eigenvalue weighted by atomic mass is 15.2. The Balaban J connectivity index is 1.93. The number of rotatable bonds is 0. The summed E-state index contributed by atoms with van der Waals surface area (Å²) in [6.45, 7) is 2.82. The van der Waals surface area contributed by atoms with Gasteiger partial charge in [-0.2, -0.15) is 0 Å². The SMILES string of the molecule is CN1CC2C3CC2(C3)C1. The molecule has 0 radical (unpaired) electrons. The first-order valence-corrected chi connectivity index (χ1v) is 3.99. The second-order valence-corrected chi connectivity index (χ2v) is 4.33. The fourth-order valence-corrected chi connectivity index (χ4v) is 3.28. The van der Waals surface area contributed by atoms with Crippen LogP contribution < -0.4 is 0 Å². The highest BCUT2D eigenvalue weighted by molar-refractivity contribution is 5.18. The van der Waals surface area contributed by atoms with Crippen LogP contribution in [0.4, 0.5) is 0 Å². The Bertz CT molecular complexity index is 158. The summed E-state index contributed by atoms with van der Waals surface area (Å²) in [5.41, 5.74) is 0.874. The molecule has 4 aliphatic rings. The zero-order valence-electron chi connectivity index (χ0n) is 5.93. The minimum atomic E-state index is 0.874. The average Bonchev–Trinajstić information content (AvgIpc) is 1.87. The molecule has 1 atom stereocenters. The highest BCUT2D eigenvalue weighted by Gasteiger charge is 2.67. The van der Waals surface area contributed by atoms with Crippen LogP contribution in [0.25, 0.3) is 0 Å². The minimum Gasteiger partial charge on any atom is -0.305 e. The predicted molar refractivity (Wildman–Crippen MR) is 36.1 cm³/mol. The van der Waals surface area contributed by atoms with E-state index in [1.54, 1.807) is 12.8 Å². The molecule has 9 heavy (non-hydrogen) atoms. The molecule has 1 unspecified atom stereocenters. The summed E-state index contributed by atoms with van der Waals surface area (Å²) in [7, 11) is 2.27. The standard InChI is InChI=1S/C8H13N/c1-9-4-7-6-2-8(7,3-6)5-9/h6-7H,2-5H2,1H3. The van der Waals surface area contributed by atoms with Gasteiger partial charge < -0.3 is 4.90 Å². The van der Waals surface area contributed by atoms with Gasteiger partial charge in [-0.3, -0.25) is 0 Å². The van der Waals surface area contributed by atoms with Gasteiger partial charge in [0.1, 0.15) is 0 Å². The first kappa shape index (κ1) is 4.73. The summed E-state index contributed by atoms with van der Waals surface area (Å²) in [5, 5.41) is 0. The van der Waals surface area contributed by atoms with Crippen LogP contribution in [0.5, 0.6) is 0 Å². The lowest BCUT2D eigenvalue weighted by Crippen LogP contribution is -2.60. The van der Waals surface area contributed by atoms with E-state index < -0.39 is 0 Å². The lowest BCUT2D eigenvalue weighted by Gasteiger charge is -2.65. The molecule has 0 aromatic heterocycles. The molecule has 1 saturated heterocycles. The van der Waals surface area contributed by atoms with Gasteiger partial charge in [0.25, 0.3) is 0 Å². The number of likely N-dealkylation sites (tertiary alicyclic amines) is 1. The van der Waals surface area contributed by atoms with Crippen molar-refractivity contribution in [1.29, 1.82) is 0 Å². The Hall–Kier alpha value is -0.0400. The first-order chi connectivity index (χ1) is 4.30. The molecular weight excluding hydrogens is 110 g/mol. The zero-order chi connectivity index (χ0) is 6.06. The molecule has 2 bridgehead atoms. The molecule has 50 valence electrons. The summed E-state index contributed by atoms with van der Waals surface area (Å²) in [4.78, 5) is 2.51. The normalized spacial score (nSPS) is 62.3. The maximum absolute atomic E-state index is 2.51. The third-order valence-corrected chi connectivity index (χ3v) is 3.79. The van der Waals surface area contributed by atoms with Crippen LogP contribution in [0.3, 0.4) is 0 Å². The van der Waals surface area contributed by atoms with Crippen molar-refractivity contribution >= 4 is 0 Å². The summed E-state index contributed by atoms with van der Waals surface area (Å²) >= 11 is 0. The molecule has 3 saturated carbocycles. The van der Waals surface area contributed by atoms with Crippen LogP contribution in [-0.4, -0.2) is 25.0 Å². The van der Waals surface area contributed by atoms with Crippen LogP contribution >= 0.6 is 0 Å². The van der Waals surface area contributed by atoms with Crippen LogP contribution in [0, 0.1) is 17.3 Å². The fraction of sp³-hybridized carbons (Fsp3) is 1.00. The maximum atomic E-state index is 2.51. The molecule has 1 aliphatic heterocycles. The maximum Gasteiger partial charge on any atom is 0.00385 e. The van der Waals surface area contributed by atoms with Gasteiger partial charge in [-0.1, -0.05) is 0 Å². The molecule has 0 amide bonds. The molecule has 0 aromatic rings. The molecule has 0 aromatic carbocycles. The lowest BCUT2D eigenvalue weighted by molar-refractivity contribution is -0.151. The van der Waals surface area contributed by atoms with Crippen LogP contribution in [0.2, 0.25) is 0 Å². The molecule has 1 heteroatoms. The van der Waals surface area contributed by atoms with Gasteiger partial charge in [0.2, 0.25) is 0 Å². The molecule has 1 heterocycles. The van der Waals surface area contributed by atoms with E-state index in [9.17, 15) is 0 Å². The van der Waals surface area contributed by atoms with Crippen molar-refractivity contribution in [2.45, 2.75) is 12.8 Å². The number of hydrogen-bond donors (Lipinski definition) is 0. The Kier molecular flexibility index (Phi) is 0.563. The average molecular weight is 123 g/mol. The Morgan fingerprint density at radius 3 is 2.44 bits per heavy atom. The molecule has 0 N–H and O–H groups in total. The predicted octanol–water partition coefficient (Wildman–Crippen LogP) is 0.958. The lowest BCUT2D eigenvalue weighted by atomic mass is 9.39. The van der Waals surface area contributed by atoms with Gasteiger partial charge in [0.05, 0.1) is 0 Å². The van der Waals surface area contributed by atoms with Gasteiger partial charge in [0.15, 0.2) is 0 Å². The minimum absolute atomic E-state index is 0.874. The van der Waals surface area contributed by atoms with Crippen molar-refractivity contribution in [2.75, 3.05) is 20.1 Å². The quantitative estimate of drug-likeness (QED) is 0.463. The van der Waals surface area contributed by atoms with E-state index in [2.05, 4.69) is 11.9 Å². The Morgan fingerprint density at radius 2 is 2.22 bits per heavy atom. The second-order valence-electron chi connectivity index (χ2n) is 4.33.